The maximum Gasteiger partial charge on any atom is 0.0556 e. The number of hydrogen-bond acceptors (Lipinski definition) is 2. The second-order valence-corrected chi connectivity index (χ2v) is 4.31. The van der Waals surface area contributed by atoms with Crippen molar-refractivity contribution in [2.45, 2.75) is 18.1 Å². The molecule has 0 aromatic heterocycles. The van der Waals surface area contributed by atoms with Gasteiger partial charge in [0.25, 0.3) is 0 Å². The van der Waals surface area contributed by atoms with Crippen molar-refractivity contribution in [3.63, 3.8) is 0 Å². The molecule has 2 bridgehead atoms. The lowest BCUT2D eigenvalue weighted by Crippen LogP contribution is -2.32. The molecule has 3 aliphatic rings. The smallest absolute Gasteiger partial charge is 0.0556 e. The van der Waals surface area contributed by atoms with Gasteiger partial charge in [-0.15, -0.1) is 0 Å². The molecule has 1 saturated carbocycles. The van der Waals surface area contributed by atoms with Crippen molar-refractivity contribution in [2.75, 3.05) is 19.0 Å². The molecule has 0 aromatic rings. The average Bonchev–Trinajstić information content (AvgIpc) is 1.54. The summed E-state index contributed by atoms with van der Waals surface area (Å²) in [4.78, 5) is 0. The molecule has 1 nitrogen and oxygen atoms in total. The van der Waals surface area contributed by atoms with Gasteiger partial charge in [0.2, 0.25) is 0 Å². The number of fused-ring (bicyclic) bond motifs is 4. The standard InChI is InChI=1S/C7H12OS/c1-2-9-7-3-6(4-7)5-8-1/h6-7H,1-5H2. The molecule has 0 amide bonds. The SMILES string of the molecule is C1CSC2CC(CO1)C2. The Morgan fingerprint density at radius 1 is 1.33 bits per heavy atom. The first kappa shape index (κ1) is 6.05. The van der Waals surface area contributed by atoms with Crippen molar-refractivity contribution in [3.8, 4) is 0 Å². The van der Waals surface area contributed by atoms with Gasteiger partial charge in [0.05, 0.1) is 6.61 Å². The minimum Gasteiger partial charge on any atom is -0.380 e. The molecule has 1 aliphatic carbocycles. The van der Waals surface area contributed by atoms with Gasteiger partial charge in [-0.3, -0.25) is 0 Å². The van der Waals surface area contributed by atoms with Gasteiger partial charge in [0.15, 0.2) is 0 Å². The van der Waals surface area contributed by atoms with Gasteiger partial charge < -0.3 is 4.74 Å². The third-order valence-corrected chi connectivity index (χ3v) is 3.39. The number of hydrogen-bond donors (Lipinski definition) is 0. The Bertz CT molecular complexity index is 83.6. The monoisotopic (exact) mass is 144 g/mol. The summed E-state index contributed by atoms with van der Waals surface area (Å²) in [7, 11) is 0. The van der Waals surface area contributed by atoms with Gasteiger partial charge >= 0.3 is 0 Å². The highest BCUT2D eigenvalue weighted by Crippen LogP contribution is 2.38. The Hall–Kier alpha value is 0.310. The lowest BCUT2D eigenvalue weighted by atomic mass is 9.85. The second-order valence-electron chi connectivity index (χ2n) is 2.91. The van der Waals surface area contributed by atoms with E-state index < -0.39 is 0 Å². The molecule has 0 unspecified atom stereocenters. The van der Waals surface area contributed by atoms with Crippen LogP contribution in [-0.2, 0) is 4.74 Å². The Kier molecular flexibility index (Phi) is 1.68. The summed E-state index contributed by atoms with van der Waals surface area (Å²) in [5.41, 5.74) is 0. The lowest BCUT2D eigenvalue weighted by Gasteiger charge is -2.36. The molecule has 2 saturated heterocycles. The highest BCUT2D eigenvalue weighted by molar-refractivity contribution is 7.99. The normalized spacial score (nSPS) is 42.7. The largest absolute Gasteiger partial charge is 0.380 e. The molecule has 3 fully saturated rings. The molecule has 3 rings (SSSR count). The van der Waals surface area contributed by atoms with E-state index in [4.69, 9.17) is 4.74 Å². The van der Waals surface area contributed by atoms with E-state index in [1.54, 1.807) is 0 Å². The van der Waals surface area contributed by atoms with Crippen molar-refractivity contribution < 1.29 is 4.74 Å². The highest BCUT2D eigenvalue weighted by atomic mass is 32.2. The summed E-state index contributed by atoms with van der Waals surface area (Å²) in [6.45, 7) is 2.02. The van der Waals surface area contributed by atoms with Gasteiger partial charge in [-0.05, 0) is 18.8 Å². The number of ether oxygens (including phenoxy) is 1. The van der Waals surface area contributed by atoms with Crippen LogP contribution >= 0.6 is 11.8 Å². The van der Waals surface area contributed by atoms with Crippen LogP contribution in [0.2, 0.25) is 0 Å². The van der Waals surface area contributed by atoms with Crippen molar-refractivity contribution in [1.29, 1.82) is 0 Å². The maximum absolute atomic E-state index is 5.40. The zero-order chi connectivity index (χ0) is 6.10. The molecular formula is C7H12OS. The van der Waals surface area contributed by atoms with E-state index in [0.717, 1.165) is 24.4 Å². The fraction of sp³-hybridized carbons (Fsp3) is 1.00. The number of rotatable bonds is 0. The van der Waals surface area contributed by atoms with E-state index in [0.29, 0.717) is 0 Å². The van der Waals surface area contributed by atoms with Crippen LogP contribution < -0.4 is 0 Å². The molecule has 0 aromatic carbocycles. The zero-order valence-corrected chi connectivity index (χ0v) is 6.32. The van der Waals surface area contributed by atoms with E-state index in [2.05, 4.69) is 11.8 Å². The van der Waals surface area contributed by atoms with E-state index in [1.807, 2.05) is 0 Å². The molecule has 9 heavy (non-hydrogen) atoms. The molecule has 0 spiro atoms. The third kappa shape index (κ3) is 1.24. The summed E-state index contributed by atoms with van der Waals surface area (Å²) < 4.78 is 5.40. The molecule has 0 N–H and O–H groups in total. The van der Waals surface area contributed by atoms with Crippen molar-refractivity contribution >= 4 is 11.8 Å². The van der Waals surface area contributed by atoms with E-state index in [-0.39, 0.29) is 0 Å². The van der Waals surface area contributed by atoms with Gasteiger partial charge in [-0.25, -0.2) is 0 Å². The van der Waals surface area contributed by atoms with Crippen LogP contribution in [0.4, 0.5) is 0 Å². The average molecular weight is 144 g/mol. The zero-order valence-electron chi connectivity index (χ0n) is 5.51. The molecule has 2 heterocycles. The van der Waals surface area contributed by atoms with Crippen LogP contribution in [0.1, 0.15) is 12.8 Å². The predicted octanol–water partition coefficient (Wildman–Crippen LogP) is 1.53. The molecule has 0 radical (unpaired) electrons. The quantitative estimate of drug-likeness (QED) is 0.510. The van der Waals surface area contributed by atoms with Gasteiger partial charge in [-0.2, -0.15) is 11.8 Å². The second kappa shape index (κ2) is 2.51. The molecule has 52 valence electrons. The molecular weight excluding hydrogens is 132 g/mol. The highest BCUT2D eigenvalue weighted by Gasteiger charge is 2.30. The molecule has 0 atom stereocenters. The Balaban J connectivity index is 1.85. The van der Waals surface area contributed by atoms with Crippen molar-refractivity contribution in [2.24, 2.45) is 5.92 Å². The van der Waals surface area contributed by atoms with E-state index in [9.17, 15) is 0 Å². The Labute approximate surface area is 60.2 Å². The fourth-order valence-electron chi connectivity index (χ4n) is 1.47. The molecule has 2 heteroatoms. The minimum absolute atomic E-state index is 0.919. The van der Waals surface area contributed by atoms with Crippen LogP contribution in [0.15, 0.2) is 0 Å². The maximum atomic E-state index is 5.40. The summed E-state index contributed by atoms with van der Waals surface area (Å²) >= 11 is 2.09. The van der Waals surface area contributed by atoms with Crippen molar-refractivity contribution in [3.05, 3.63) is 0 Å². The van der Waals surface area contributed by atoms with Gasteiger partial charge in [0.1, 0.15) is 0 Å². The van der Waals surface area contributed by atoms with Gasteiger partial charge in [0, 0.05) is 17.6 Å². The lowest BCUT2D eigenvalue weighted by molar-refractivity contribution is 0.0778. The summed E-state index contributed by atoms with van der Waals surface area (Å²) in [6, 6.07) is 0. The van der Waals surface area contributed by atoms with Crippen molar-refractivity contribution in [1.82, 2.24) is 0 Å². The topological polar surface area (TPSA) is 9.23 Å². The fourth-order valence-corrected chi connectivity index (χ4v) is 2.83. The van der Waals surface area contributed by atoms with Gasteiger partial charge in [-0.1, -0.05) is 0 Å². The van der Waals surface area contributed by atoms with E-state index in [1.165, 1.54) is 18.6 Å². The first-order chi connectivity index (χ1) is 4.45. The van der Waals surface area contributed by atoms with Crippen LogP contribution in [0.3, 0.4) is 0 Å². The Morgan fingerprint density at radius 2 is 2.22 bits per heavy atom. The summed E-state index contributed by atoms with van der Waals surface area (Å²) in [6.07, 6.45) is 2.84. The predicted molar refractivity (Wildman–Crippen MR) is 39.8 cm³/mol. The van der Waals surface area contributed by atoms with Crippen LogP contribution in [-0.4, -0.2) is 24.2 Å². The van der Waals surface area contributed by atoms with E-state index >= 15 is 0 Å². The van der Waals surface area contributed by atoms with Crippen LogP contribution in [0.5, 0.6) is 0 Å². The molecule has 2 aliphatic heterocycles. The van der Waals surface area contributed by atoms with Crippen LogP contribution in [0, 0.1) is 5.92 Å². The van der Waals surface area contributed by atoms with Crippen LogP contribution in [0.25, 0.3) is 0 Å². The summed E-state index contributed by atoms with van der Waals surface area (Å²) in [5, 5.41) is 0.999. The number of thioether (sulfide) groups is 1. The first-order valence-electron chi connectivity index (χ1n) is 3.64. The summed E-state index contributed by atoms with van der Waals surface area (Å²) in [5.74, 6) is 2.14. The minimum atomic E-state index is 0.919. The third-order valence-electron chi connectivity index (χ3n) is 2.13. The Morgan fingerprint density at radius 3 is 3.11 bits per heavy atom. The first-order valence-corrected chi connectivity index (χ1v) is 4.69.